The van der Waals surface area contributed by atoms with Crippen molar-refractivity contribution in [2.24, 2.45) is 17.3 Å². The van der Waals surface area contributed by atoms with Crippen LogP contribution in [0.2, 0.25) is 0 Å². The molecule has 9 nitrogen and oxygen atoms in total. The van der Waals surface area contributed by atoms with Crippen molar-refractivity contribution >= 4 is 11.9 Å². The van der Waals surface area contributed by atoms with Gasteiger partial charge in [0.25, 0.3) is 0 Å². The molecule has 0 radical (unpaired) electrons. The molecule has 8 atom stereocenters. The molecule has 4 rings (SSSR count). The molecule has 0 unspecified atom stereocenters. The molecule has 2 N–H and O–H groups in total. The number of fused-ring (bicyclic) bond motifs is 2. The highest BCUT2D eigenvalue weighted by atomic mass is 16.7. The molecule has 3 heterocycles. The van der Waals surface area contributed by atoms with E-state index in [1.54, 1.807) is 25.3 Å². The molecule has 1 aromatic rings. The van der Waals surface area contributed by atoms with Crippen LogP contribution in [0, 0.1) is 17.3 Å². The van der Waals surface area contributed by atoms with Crippen molar-refractivity contribution in [1.29, 1.82) is 0 Å². The molecule has 2 saturated heterocycles. The normalized spacial score (nSPS) is 32.4. The number of phenolic OH excluding ortho intramolecular Hbond substituents is 1. The summed E-state index contributed by atoms with van der Waals surface area (Å²) in [6.45, 7) is 11.8. The first-order valence-corrected chi connectivity index (χ1v) is 14.7. The molecule has 41 heavy (non-hydrogen) atoms. The maximum atomic E-state index is 13.1. The highest BCUT2D eigenvalue weighted by Gasteiger charge is 2.60. The van der Waals surface area contributed by atoms with Crippen LogP contribution in [0.5, 0.6) is 5.75 Å². The average molecular weight is 575 g/mol. The molecule has 228 valence electrons. The number of cyclic esters (lactones) is 1. The standard InChI is InChI=1S/C32H46O9/c1-18(11-12-24(37-7)22-9-8-10-23(34)13-22)30-20(3)27-17-32(41-30)31(5,6)16-19(2)25(40-32)14-28(35)38-26(21(4)33)15-29(36)39-27/h8-10,13,18,20-21,24,26-27,30,33-34H,11-12,14-17H2,1-7H3/t18-,20-,21+,24-,26+,27-,30+,32+/m1/s1. The summed E-state index contributed by atoms with van der Waals surface area (Å²) >= 11 is 0. The number of benzene rings is 1. The minimum atomic E-state index is -1.12. The summed E-state index contributed by atoms with van der Waals surface area (Å²) in [5.74, 6) is -1.63. The highest BCUT2D eigenvalue weighted by Crippen LogP contribution is 2.54. The van der Waals surface area contributed by atoms with Crippen LogP contribution in [0.25, 0.3) is 0 Å². The SMILES string of the molecule is CO[C@H](CC[C@@H](C)[C@@H]1O[C@@]23C[C@@H](OC(=O)C[C@@H]([C@H](C)O)OC(=O)CC(=C(C)CC2(C)C)O3)[C@H]1C)c1cccc(O)c1. The van der Waals surface area contributed by atoms with E-state index in [0.717, 1.165) is 17.6 Å². The van der Waals surface area contributed by atoms with Gasteiger partial charge in [0.15, 0.2) is 0 Å². The third-order valence-electron chi connectivity index (χ3n) is 9.15. The van der Waals surface area contributed by atoms with E-state index in [2.05, 4.69) is 20.8 Å². The first-order chi connectivity index (χ1) is 19.2. The number of rotatable bonds is 7. The van der Waals surface area contributed by atoms with E-state index in [9.17, 15) is 19.8 Å². The van der Waals surface area contributed by atoms with E-state index >= 15 is 0 Å². The van der Waals surface area contributed by atoms with Crippen LogP contribution in [0.15, 0.2) is 35.6 Å². The van der Waals surface area contributed by atoms with Crippen molar-refractivity contribution in [3.8, 4) is 5.75 Å². The molecule has 0 amide bonds. The molecular weight excluding hydrogens is 528 g/mol. The highest BCUT2D eigenvalue weighted by molar-refractivity contribution is 5.74. The Hall–Kier alpha value is -2.62. The maximum absolute atomic E-state index is 13.1. The van der Waals surface area contributed by atoms with Gasteiger partial charge in [-0.05, 0) is 62.3 Å². The lowest BCUT2D eigenvalue weighted by atomic mass is 9.69. The molecule has 0 aromatic heterocycles. The minimum absolute atomic E-state index is 0.0382. The average Bonchev–Trinajstić information content (AvgIpc) is 2.88. The zero-order chi connectivity index (χ0) is 30.1. The Labute approximate surface area is 243 Å². The van der Waals surface area contributed by atoms with Gasteiger partial charge in [-0.25, -0.2) is 0 Å². The van der Waals surface area contributed by atoms with Crippen LogP contribution in [0.4, 0.5) is 0 Å². The van der Waals surface area contributed by atoms with Crippen LogP contribution >= 0.6 is 0 Å². The number of carbonyl (C=O) groups excluding carboxylic acids is 2. The fraction of sp³-hybridized carbons (Fsp3) is 0.688. The number of hydrogen-bond donors (Lipinski definition) is 2. The number of aromatic hydroxyl groups is 1. The largest absolute Gasteiger partial charge is 0.508 e. The van der Waals surface area contributed by atoms with Crippen molar-refractivity contribution in [3.63, 3.8) is 0 Å². The quantitative estimate of drug-likeness (QED) is 0.416. The predicted molar refractivity (Wildman–Crippen MR) is 150 cm³/mol. The molecule has 9 heteroatoms. The first kappa shape index (κ1) is 31.3. The van der Waals surface area contributed by atoms with Gasteiger partial charge in [-0.2, -0.15) is 0 Å². The molecule has 2 fully saturated rings. The van der Waals surface area contributed by atoms with E-state index in [1.165, 1.54) is 6.92 Å². The number of ether oxygens (including phenoxy) is 5. The molecule has 1 aromatic carbocycles. The zero-order valence-electron chi connectivity index (χ0n) is 25.3. The Morgan fingerprint density at radius 1 is 1.12 bits per heavy atom. The number of carbonyl (C=O) groups is 2. The number of phenols is 1. The maximum Gasteiger partial charge on any atom is 0.313 e. The topological polar surface area (TPSA) is 121 Å². The van der Waals surface area contributed by atoms with E-state index in [4.69, 9.17) is 23.7 Å². The van der Waals surface area contributed by atoms with Crippen LogP contribution in [0.1, 0.15) is 91.7 Å². The Morgan fingerprint density at radius 2 is 1.85 bits per heavy atom. The second kappa shape index (κ2) is 12.3. The van der Waals surface area contributed by atoms with Crippen molar-refractivity contribution in [3.05, 3.63) is 41.2 Å². The number of esters is 2. The Bertz CT molecular complexity index is 1140. The number of allylic oxidation sites excluding steroid dienone is 1. The second-order valence-corrected chi connectivity index (χ2v) is 12.8. The Balaban J connectivity index is 1.64. The molecular formula is C32H46O9. The summed E-state index contributed by atoms with van der Waals surface area (Å²) < 4.78 is 30.9. The van der Waals surface area contributed by atoms with E-state index in [0.29, 0.717) is 25.0 Å². The summed E-state index contributed by atoms with van der Waals surface area (Å²) in [5, 5.41) is 20.2. The summed E-state index contributed by atoms with van der Waals surface area (Å²) in [6.07, 6.45) is -0.995. The number of aliphatic hydroxyl groups excluding tert-OH is 1. The lowest BCUT2D eigenvalue weighted by molar-refractivity contribution is -0.352. The zero-order valence-corrected chi connectivity index (χ0v) is 25.3. The third-order valence-corrected chi connectivity index (χ3v) is 9.15. The van der Waals surface area contributed by atoms with Gasteiger partial charge in [-0.15, -0.1) is 0 Å². The Kier molecular flexibility index (Phi) is 9.41. The predicted octanol–water partition coefficient (Wildman–Crippen LogP) is 5.34. The number of methoxy groups -OCH3 is 1. The van der Waals surface area contributed by atoms with Crippen LogP contribution in [-0.4, -0.2) is 59.5 Å². The molecule has 1 spiro atoms. The number of aliphatic hydroxyl groups is 1. The van der Waals surface area contributed by atoms with Gasteiger partial charge in [-0.3, -0.25) is 9.59 Å². The van der Waals surface area contributed by atoms with Gasteiger partial charge in [0.1, 0.15) is 30.1 Å². The molecule has 3 aliphatic rings. The fourth-order valence-electron chi connectivity index (χ4n) is 6.59. The van der Waals surface area contributed by atoms with Crippen LogP contribution < -0.4 is 0 Å². The van der Waals surface area contributed by atoms with Crippen molar-refractivity contribution in [2.75, 3.05) is 7.11 Å². The smallest absolute Gasteiger partial charge is 0.313 e. The van der Waals surface area contributed by atoms with Gasteiger partial charge in [0.05, 0.1) is 31.2 Å². The van der Waals surface area contributed by atoms with Gasteiger partial charge in [0.2, 0.25) is 5.79 Å². The van der Waals surface area contributed by atoms with Crippen molar-refractivity contribution < 1.29 is 43.5 Å². The second-order valence-electron chi connectivity index (χ2n) is 12.8. The summed E-state index contributed by atoms with van der Waals surface area (Å²) in [4.78, 5) is 26.0. The van der Waals surface area contributed by atoms with Gasteiger partial charge >= 0.3 is 11.9 Å². The van der Waals surface area contributed by atoms with E-state index < -0.39 is 41.5 Å². The van der Waals surface area contributed by atoms with Gasteiger partial charge < -0.3 is 33.9 Å². The molecule has 3 aliphatic heterocycles. The molecule has 0 saturated carbocycles. The Morgan fingerprint density at radius 3 is 2.51 bits per heavy atom. The summed E-state index contributed by atoms with van der Waals surface area (Å²) in [7, 11) is 1.66. The first-order valence-electron chi connectivity index (χ1n) is 14.7. The lowest BCUT2D eigenvalue weighted by Crippen LogP contribution is -2.62. The van der Waals surface area contributed by atoms with E-state index in [-0.39, 0.29) is 42.6 Å². The van der Waals surface area contributed by atoms with Crippen molar-refractivity contribution in [2.45, 2.75) is 116 Å². The van der Waals surface area contributed by atoms with Crippen LogP contribution in [0.3, 0.4) is 0 Å². The summed E-state index contributed by atoms with van der Waals surface area (Å²) in [5.41, 5.74) is 1.37. The van der Waals surface area contributed by atoms with Crippen LogP contribution in [-0.2, 0) is 33.3 Å². The fourth-order valence-corrected chi connectivity index (χ4v) is 6.59. The van der Waals surface area contributed by atoms with Gasteiger partial charge in [-0.1, -0.05) is 39.8 Å². The molecule has 0 aliphatic carbocycles. The van der Waals surface area contributed by atoms with Gasteiger partial charge in [0, 0.05) is 18.4 Å². The number of hydrogen-bond acceptors (Lipinski definition) is 9. The monoisotopic (exact) mass is 574 g/mol. The van der Waals surface area contributed by atoms with Crippen molar-refractivity contribution in [1.82, 2.24) is 0 Å². The molecule has 3 bridgehead atoms. The summed E-state index contributed by atoms with van der Waals surface area (Å²) in [6, 6.07) is 7.09. The minimum Gasteiger partial charge on any atom is -0.508 e. The third kappa shape index (κ3) is 6.73. The lowest BCUT2D eigenvalue weighted by Gasteiger charge is -2.57. The van der Waals surface area contributed by atoms with E-state index in [1.807, 2.05) is 19.9 Å².